The fourth-order valence-corrected chi connectivity index (χ4v) is 2.26. The molecule has 0 bridgehead atoms. The lowest BCUT2D eigenvalue weighted by Crippen LogP contribution is -2.30. The molecule has 0 saturated carbocycles. The van der Waals surface area contributed by atoms with Crippen LogP contribution in [0.25, 0.3) is 11.4 Å². The van der Waals surface area contributed by atoms with E-state index in [1.807, 2.05) is 24.3 Å². The van der Waals surface area contributed by atoms with Crippen molar-refractivity contribution in [2.24, 2.45) is 0 Å². The summed E-state index contributed by atoms with van der Waals surface area (Å²) in [5, 5.41) is 16.8. The molecule has 3 rings (SSSR count). The number of tetrazole rings is 1. The molecule has 1 N–H and O–H groups in total. The first kappa shape index (κ1) is 11.6. The molecule has 1 aliphatic rings. The molecule has 2 heterocycles. The van der Waals surface area contributed by atoms with Gasteiger partial charge in [-0.25, -0.2) is 0 Å². The third-order valence-electron chi connectivity index (χ3n) is 3.17. The zero-order valence-electron chi connectivity index (χ0n) is 9.88. The van der Waals surface area contributed by atoms with E-state index in [1.165, 1.54) is 0 Å². The molecule has 1 fully saturated rings. The zero-order chi connectivity index (χ0) is 12.4. The average Bonchev–Trinajstić information content (AvgIpc) is 2.90. The second kappa shape index (κ2) is 5.04. The van der Waals surface area contributed by atoms with Gasteiger partial charge in [-0.15, -0.1) is 10.2 Å². The number of nitrogens with zero attached hydrogens (tertiary/aromatic N) is 4. The lowest BCUT2D eigenvalue weighted by atomic mass is 10.1. The number of hydrogen-bond donors (Lipinski definition) is 1. The Hall–Kier alpha value is -1.46. The van der Waals surface area contributed by atoms with Crippen LogP contribution in [0.2, 0.25) is 5.02 Å². The molecule has 1 saturated heterocycles. The molecule has 0 unspecified atom stereocenters. The standard InChI is InChI=1S/C12H14ClN5/c13-10-3-1-9(2-4-10)12-15-17-18(16-12)11-5-7-14-8-6-11/h1-4,11,14H,5-8H2. The van der Waals surface area contributed by atoms with Crippen LogP contribution in [0.3, 0.4) is 0 Å². The Kier molecular flexibility index (Phi) is 3.25. The molecule has 94 valence electrons. The van der Waals surface area contributed by atoms with E-state index in [1.54, 1.807) is 4.80 Å². The van der Waals surface area contributed by atoms with E-state index < -0.39 is 0 Å². The highest BCUT2D eigenvalue weighted by Gasteiger charge is 2.18. The highest BCUT2D eigenvalue weighted by Crippen LogP contribution is 2.20. The fraction of sp³-hybridized carbons (Fsp3) is 0.417. The third kappa shape index (κ3) is 2.37. The van der Waals surface area contributed by atoms with Gasteiger partial charge in [0.25, 0.3) is 0 Å². The summed E-state index contributed by atoms with van der Waals surface area (Å²) in [6.07, 6.45) is 2.10. The highest BCUT2D eigenvalue weighted by molar-refractivity contribution is 6.30. The van der Waals surface area contributed by atoms with Gasteiger partial charge in [-0.3, -0.25) is 0 Å². The van der Waals surface area contributed by atoms with E-state index in [0.29, 0.717) is 16.9 Å². The average molecular weight is 264 g/mol. The summed E-state index contributed by atoms with van der Waals surface area (Å²) < 4.78 is 0. The summed E-state index contributed by atoms with van der Waals surface area (Å²) in [6, 6.07) is 7.85. The van der Waals surface area contributed by atoms with Crippen LogP contribution in [0.15, 0.2) is 24.3 Å². The molecular weight excluding hydrogens is 250 g/mol. The SMILES string of the molecule is Clc1ccc(-c2nnn(C3CCNCC3)n2)cc1. The minimum absolute atomic E-state index is 0.361. The van der Waals surface area contributed by atoms with Crippen molar-refractivity contribution in [1.82, 2.24) is 25.5 Å². The summed E-state index contributed by atoms with van der Waals surface area (Å²) >= 11 is 5.86. The maximum atomic E-state index is 5.86. The van der Waals surface area contributed by atoms with Crippen LogP contribution >= 0.6 is 11.6 Å². The fourth-order valence-electron chi connectivity index (χ4n) is 2.13. The normalized spacial score (nSPS) is 16.9. The van der Waals surface area contributed by atoms with Crippen LogP contribution < -0.4 is 5.32 Å². The molecular formula is C12H14ClN5. The Labute approximate surface area is 110 Å². The maximum Gasteiger partial charge on any atom is 0.204 e. The highest BCUT2D eigenvalue weighted by atomic mass is 35.5. The van der Waals surface area contributed by atoms with Crippen molar-refractivity contribution in [3.8, 4) is 11.4 Å². The van der Waals surface area contributed by atoms with Gasteiger partial charge in [0.1, 0.15) is 0 Å². The van der Waals surface area contributed by atoms with Gasteiger partial charge in [0.2, 0.25) is 5.82 Å². The number of hydrogen-bond acceptors (Lipinski definition) is 4. The summed E-state index contributed by atoms with van der Waals surface area (Å²) in [7, 11) is 0. The Morgan fingerprint density at radius 1 is 1.17 bits per heavy atom. The molecule has 0 atom stereocenters. The van der Waals surface area contributed by atoms with Crippen molar-refractivity contribution in [2.45, 2.75) is 18.9 Å². The Balaban J connectivity index is 1.82. The predicted molar refractivity (Wildman–Crippen MR) is 69.4 cm³/mol. The van der Waals surface area contributed by atoms with Crippen molar-refractivity contribution < 1.29 is 0 Å². The van der Waals surface area contributed by atoms with Gasteiger partial charge in [0.05, 0.1) is 6.04 Å². The van der Waals surface area contributed by atoms with Crippen molar-refractivity contribution in [3.63, 3.8) is 0 Å². The van der Waals surface area contributed by atoms with Crippen molar-refractivity contribution in [2.75, 3.05) is 13.1 Å². The van der Waals surface area contributed by atoms with Gasteiger partial charge in [-0.2, -0.15) is 4.80 Å². The van der Waals surface area contributed by atoms with Crippen molar-refractivity contribution in [1.29, 1.82) is 0 Å². The lowest BCUT2D eigenvalue weighted by molar-refractivity contribution is 0.309. The first-order chi connectivity index (χ1) is 8.83. The topological polar surface area (TPSA) is 55.6 Å². The first-order valence-electron chi connectivity index (χ1n) is 6.09. The van der Waals surface area contributed by atoms with Crippen molar-refractivity contribution in [3.05, 3.63) is 29.3 Å². The van der Waals surface area contributed by atoms with Gasteiger partial charge in [-0.05, 0) is 55.4 Å². The quantitative estimate of drug-likeness (QED) is 0.899. The Bertz CT molecular complexity index is 516. The van der Waals surface area contributed by atoms with E-state index >= 15 is 0 Å². The molecule has 5 nitrogen and oxygen atoms in total. The number of piperidine rings is 1. The predicted octanol–water partition coefficient (Wildman–Crippen LogP) is 1.92. The van der Waals surface area contributed by atoms with Gasteiger partial charge < -0.3 is 5.32 Å². The molecule has 0 spiro atoms. The molecule has 1 aromatic heterocycles. The van der Waals surface area contributed by atoms with E-state index in [-0.39, 0.29) is 0 Å². The number of benzene rings is 1. The Morgan fingerprint density at radius 2 is 1.89 bits per heavy atom. The molecule has 2 aromatic rings. The smallest absolute Gasteiger partial charge is 0.204 e. The minimum Gasteiger partial charge on any atom is -0.317 e. The number of rotatable bonds is 2. The zero-order valence-corrected chi connectivity index (χ0v) is 10.6. The maximum absolute atomic E-state index is 5.86. The van der Waals surface area contributed by atoms with Crippen LogP contribution in [-0.2, 0) is 0 Å². The molecule has 0 amide bonds. The van der Waals surface area contributed by atoms with Crippen LogP contribution in [0.4, 0.5) is 0 Å². The van der Waals surface area contributed by atoms with Crippen LogP contribution in [0, 0.1) is 0 Å². The number of nitrogens with one attached hydrogen (secondary N) is 1. The summed E-state index contributed by atoms with van der Waals surface area (Å²) in [5.74, 6) is 0.658. The van der Waals surface area contributed by atoms with Crippen LogP contribution in [0.1, 0.15) is 18.9 Å². The molecule has 0 aliphatic carbocycles. The molecule has 1 aromatic carbocycles. The molecule has 0 radical (unpaired) electrons. The third-order valence-corrected chi connectivity index (χ3v) is 3.42. The van der Waals surface area contributed by atoms with E-state index in [0.717, 1.165) is 31.5 Å². The van der Waals surface area contributed by atoms with Gasteiger partial charge in [-0.1, -0.05) is 11.6 Å². The van der Waals surface area contributed by atoms with Gasteiger partial charge in [0.15, 0.2) is 0 Å². The lowest BCUT2D eigenvalue weighted by Gasteiger charge is -2.20. The van der Waals surface area contributed by atoms with Crippen molar-refractivity contribution >= 4 is 11.6 Å². The van der Waals surface area contributed by atoms with E-state index in [9.17, 15) is 0 Å². The number of aromatic nitrogens is 4. The second-order valence-corrected chi connectivity index (χ2v) is 4.86. The van der Waals surface area contributed by atoms with E-state index in [4.69, 9.17) is 11.6 Å². The molecule has 18 heavy (non-hydrogen) atoms. The van der Waals surface area contributed by atoms with Gasteiger partial charge >= 0.3 is 0 Å². The summed E-state index contributed by atoms with van der Waals surface area (Å²) in [4.78, 5) is 1.74. The van der Waals surface area contributed by atoms with Crippen LogP contribution in [-0.4, -0.2) is 33.3 Å². The summed E-state index contributed by atoms with van der Waals surface area (Å²) in [6.45, 7) is 2.03. The Morgan fingerprint density at radius 3 is 2.61 bits per heavy atom. The largest absolute Gasteiger partial charge is 0.317 e. The van der Waals surface area contributed by atoms with Crippen LogP contribution in [0.5, 0.6) is 0 Å². The number of halogens is 1. The monoisotopic (exact) mass is 263 g/mol. The summed E-state index contributed by atoms with van der Waals surface area (Å²) in [5.41, 5.74) is 0.944. The van der Waals surface area contributed by atoms with Gasteiger partial charge in [0, 0.05) is 10.6 Å². The minimum atomic E-state index is 0.361. The first-order valence-corrected chi connectivity index (χ1v) is 6.47. The molecule has 6 heteroatoms. The second-order valence-electron chi connectivity index (χ2n) is 4.42. The molecule has 1 aliphatic heterocycles. The van der Waals surface area contributed by atoms with E-state index in [2.05, 4.69) is 20.7 Å².